The largest absolute Gasteiger partial charge is 0.493 e. The van der Waals surface area contributed by atoms with Gasteiger partial charge in [0.05, 0.1) is 23.8 Å². The molecule has 1 N–H and O–H groups in total. The molecular weight excluding hydrogens is 309 g/mol. The molecule has 0 atom stereocenters. The average molecular weight is 326 g/mol. The second-order valence-electron chi connectivity index (χ2n) is 4.37. The number of halogens is 2. The van der Waals surface area contributed by atoms with Crippen molar-refractivity contribution in [3.63, 3.8) is 0 Å². The maximum atomic E-state index is 6.17. The molecule has 2 rings (SSSR count). The molecule has 5 heteroatoms. The topological polar surface area (TPSA) is 30.5 Å². The lowest BCUT2D eigenvalue weighted by Crippen LogP contribution is -2.01. The molecule has 0 aliphatic heterocycles. The van der Waals surface area contributed by atoms with Crippen LogP contribution in [0.1, 0.15) is 12.5 Å². The van der Waals surface area contributed by atoms with E-state index in [1.165, 1.54) is 0 Å². The van der Waals surface area contributed by atoms with Crippen molar-refractivity contribution in [1.82, 2.24) is 0 Å². The third-order valence-corrected chi connectivity index (χ3v) is 3.84. The molecule has 0 spiro atoms. The minimum absolute atomic E-state index is 0.556. The zero-order chi connectivity index (χ0) is 15.2. The highest BCUT2D eigenvalue weighted by Gasteiger charge is 2.07. The Labute approximate surface area is 134 Å². The van der Waals surface area contributed by atoms with Crippen molar-refractivity contribution < 1.29 is 9.47 Å². The van der Waals surface area contributed by atoms with Gasteiger partial charge in [0.2, 0.25) is 0 Å². The summed E-state index contributed by atoms with van der Waals surface area (Å²) in [5.41, 5.74) is 1.86. The van der Waals surface area contributed by atoms with Gasteiger partial charge in [-0.1, -0.05) is 35.3 Å². The third-order valence-electron chi connectivity index (χ3n) is 2.98. The van der Waals surface area contributed by atoms with Gasteiger partial charge in [0.1, 0.15) is 0 Å². The van der Waals surface area contributed by atoms with Crippen molar-refractivity contribution in [2.24, 2.45) is 0 Å². The van der Waals surface area contributed by atoms with Crippen LogP contribution in [0, 0.1) is 0 Å². The SMILES string of the molecule is CCOc1ccc(NCc2cccc(Cl)c2Cl)cc1OC. The number of hydrogen-bond donors (Lipinski definition) is 1. The van der Waals surface area contributed by atoms with Gasteiger partial charge in [-0.05, 0) is 30.7 Å². The first-order valence-corrected chi connectivity index (χ1v) is 7.39. The van der Waals surface area contributed by atoms with E-state index in [9.17, 15) is 0 Å². The predicted octanol–water partition coefficient (Wildman–Crippen LogP) is 5.01. The molecule has 0 heterocycles. The van der Waals surface area contributed by atoms with Gasteiger partial charge >= 0.3 is 0 Å². The van der Waals surface area contributed by atoms with Gasteiger partial charge < -0.3 is 14.8 Å². The van der Waals surface area contributed by atoms with Gasteiger partial charge in [0.25, 0.3) is 0 Å². The molecule has 2 aromatic carbocycles. The van der Waals surface area contributed by atoms with E-state index < -0.39 is 0 Å². The van der Waals surface area contributed by atoms with Crippen molar-refractivity contribution in [2.75, 3.05) is 19.0 Å². The highest BCUT2D eigenvalue weighted by molar-refractivity contribution is 6.42. The number of hydrogen-bond acceptors (Lipinski definition) is 3. The summed E-state index contributed by atoms with van der Waals surface area (Å²) >= 11 is 12.2. The zero-order valence-electron chi connectivity index (χ0n) is 12.0. The summed E-state index contributed by atoms with van der Waals surface area (Å²) in [6.07, 6.45) is 0. The standard InChI is InChI=1S/C16H17Cl2NO2/c1-3-21-14-8-7-12(9-15(14)20-2)19-10-11-5-4-6-13(17)16(11)18/h4-9,19H,3,10H2,1-2H3. The van der Waals surface area contributed by atoms with Crippen LogP contribution >= 0.6 is 23.2 Å². The Kier molecular flexibility index (Phi) is 5.59. The van der Waals surface area contributed by atoms with E-state index in [0.717, 1.165) is 17.0 Å². The van der Waals surface area contributed by atoms with Crippen molar-refractivity contribution in [3.8, 4) is 11.5 Å². The number of methoxy groups -OCH3 is 1. The fourth-order valence-electron chi connectivity index (χ4n) is 1.93. The van der Waals surface area contributed by atoms with Gasteiger partial charge in [-0.25, -0.2) is 0 Å². The summed E-state index contributed by atoms with van der Waals surface area (Å²) in [4.78, 5) is 0. The Morgan fingerprint density at radius 2 is 1.90 bits per heavy atom. The van der Waals surface area contributed by atoms with Crippen LogP contribution in [-0.4, -0.2) is 13.7 Å². The van der Waals surface area contributed by atoms with Gasteiger partial charge in [0, 0.05) is 18.3 Å². The van der Waals surface area contributed by atoms with Gasteiger partial charge in [-0.3, -0.25) is 0 Å². The van der Waals surface area contributed by atoms with Crippen LogP contribution in [-0.2, 0) is 6.54 Å². The molecule has 0 saturated heterocycles. The Morgan fingerprint density at radius 1 is 1.10 bits per heavy atom. The Bertz CT molecular complexity index is 617. The number of ether oxygens (including phenoxy) is 2. The zero-order valence-corrected chi connectivity index (χ0v) is 13.5. The molecule has 21 heavy (non-hydrogen) atoms. The van der Waals surface area contributed by atoms with Crippen molar-refractivity contribution in [3.05, 3.63) is 52.0 Å². The lowest BCUT2D eigenvalue weighted by atomic mass is 10.2. The summed E-state index contributed by atoms with van der Waals surface area (Å²) < 4.78 is 10.8. The summed E-state index contributed by atoms with van der Waals surface area (Å²) in [6.45, 7) is 3.12. The summed E-state index contributed by atoms with van der Waals surface area (Å²) in [6, 6.07) is 11.3. The van der Waals surface area contributed by atoms with E-state index in [1.54, 1.807) is 13.2 Å². The van der Waals surface area contributed by atoms with E-state index in [2.05, 4.69) is 5.32 Å². The summed E-state index contributed by atoms with van der Waals surface area (Å²) in [5.74, 6) is 1.42. The number of rotatable bonds is 6. The molecule has 0 saturated carbocycles. The first-order chi connectivity index (χ1) is 10.2. The molecule has 0 aliphatic rings. The molecule has 0 fully saturated rings. The predicted molar refractivity (Wildman–Crippen MR) is 88.0 cm³/mol. The van der Waals surface area contributed by atoms with E-state index in [4.69, 9.17) is 32.7 Å². The second-order valence-corrected chi connectivity index (χ2v) is 5.15. The van der Waals surface area contributed by atoms with E-state index in [0.29, 0.717) is 28.9 Å². The van der Waals surface area contributed by atoms with Gasteiger partial charge in [-0.15, -0.1) is 0 Å². The molecular formula is C16H17Cl2NO2. The lowest BCUT2D eigenvalue weighted by Gasteiger charge is -2.13. The molecule has 0 aliphatic carbocycles. The third kappa shape index (κ3) is 3.96. The smallest absolute Gasteiger partial charge is 0.162 e. The first-order valence-electron chi connectivity index (χ1n) is 6.63. The van der Waals surface area contributed by atoms with Crippen LogP contribution in [0.15, 0.2) is 36.4 Å². The van der Waals surface area contributed by atoms with Crippen LogP contribution in [0.5, 0.6) is 11.5 Å². The summed E-state index contributed by atoms with van der Waals surface area (Å²) in [7, 11) is 1.62. The summed E-state index contributed by atoms with van der Waals surface area (Å²) in [5, 5.41) is 4.42. The van der Waals surface area contributed by atoms with Crippen molar-refractivity contribution in [1.29, 1.82) is 0 Å². The van der Waals surface area contributed by atoms with Crippen LogP contribution in [0.3, 0.4) is 0 Å². The van der Waals surface area contributed by atoms with Crippen molar-refractivity contribution >= 4 is 28.9 Å². The Balaban J connectivity index is 2.11. The Morgan fingerprint density at radius 3 is 2.62 bits per heavy atom. The van der Waals surface area contributed by atoms with E-state index in [1.807, 2.05) is 37.3 Å². The number of nitrogens with one attached hydrogen (secondary N) is 1. The Hall–Kier alpha value is -1.58. The van der Waals surface area contributed by atoms with Crippen LogP contribution in [0.25, 0.3) is 0 Å². The van der Waals surface area contributed by atoms with E-state index >= 15 is 0 Å². The minimum atomic E-state index is 0.556. The molecule has 0 amide bonds. The van der Waals surface area contributed by atoms with Crippen LogP contribution in [0.2, 0.25) is 10.0 Å². The van der Waals surface area contributed by atoms with Crippen LogP contribution in [0.4, 0.5) is 5.69 Å². The molecule has 0 radical (unpaired) electrons. The number of benzene rings is 2. The highest BCUT2D eigenvalue weighted by atomic mass is 35.5. The minimum Gasteiger partial charge on any atom is -0.493 e. The number of anilines is 1. The van der Waals surface area contributed by atoms with Gasteiger partial charge in [0.15, 0.2) is 11.5 Å². The fraction of sp³-hybridized carbons (Fsp3) is 0.250. The highest BCUT2D eigenvalue weighted by Crippen LogP contribution is 2.31. The van der Waals surface area contributed by atoms with Crippen LogP contribution < -0.4 is 14.8 Å². The maximum Gasteiger partial charge on any atom is 0.162 e. The molecule has 0 bridgehead atoms. The average Bonchev–Trinajstić information content (AvgIpc) is 2.50. The monoisotopic (exact) mass is 325 g/mol. The molecule has 2 aromatic rings. The fourth-order valence-corrected chi connectivity index (χ4v) is 2.32. The van der Waals surface area contributed by atoms with E-state index in [-0.39, 0.29) is 0 Å². The molecule has 3 nitrogen and oxygen atoms in total. The second kappa shape index (κ2) is 7.43. The molecule has 0 aromatic heterocycles. The maximum absolute atomic E-state index is 6.17. The quantitative estimate of drug-likeness (QED) is 0.809. The molecule has 112 valence electrons. The van der Waals surface area contributed by atoms with Gasteiger partial charge in [-0.2, -0.15) is 0 Å². The first kappa shape index (κ1) is 15.8. The lowest BCUT2D eigenvalue weighted by molar-refractivity contribution is 0.311. The normalized spacial score (nSPS) is 10.3. The van der Waals surface area contributed by atoms with Crippen molar-refractivity contribution in [2.45, 2.75) is 13.5 Å². The molecule has 0 unspecified atom stereocenters.